The standard InChI is InChI=1S/C24H29N3O2/c1-2-18-8-4-5-9-21(18)26-22(28)20-16-27(17-24(20)12-6-3-7-13-24)23(29)19-10-14-25-15-11-19/h4-5,8-11,14-15,20H,2-3,6-7,12-13,16-17H2,1H3,(H,26,28). The van der Waals surface area contributed by atoms with Gasteiger partial charge in [-0.05, 0) is 43.0 Å². The minimum atomic E-state index is -0.168. The summed E-state index contributed by atoms with van der Waals surface area (Å²) in [5.74, 6) is -0.113. The van der Waals surface area contributed by atoms with Gasteiger partial charge in [-0.2, -0.15) is 0 Å². The van der Waals surface area contributed by atoms with E-state index in [0.717, 1.165) is 43.4 Å². The molecule has 152 valence electrons. The lowest BCUT2D eigenvalue weighted by atomic mass is 9.67. The van der Waals surface area contributed by atoms with Gasteiger partial charge in [0.2, 0.25) is 5.91 Å². The van der Waals surface area contributed by atoms with Crippen LogP contribution in [0, 0.1) is 11.3 Å². The number of benzene rings is 1. The van der Waals surface area contributed by atoms with Gasteiger partial charge in [0.05, 0.1) is 5.92 Å². The maximum absolute atomic E-state index is 13.4. The second-order valence-corrected chi connectivity index (χ2v) is 8.40. The number of para-hydroxylation sites is 1. The lowest BCUT2D eigenvalue weighted by Gasteiger charge is -2.37. The van der Waals surface area contributed by atoms with E-state index in [0.29, 0.717) is 18.7 Å². The second kappa shape index (κ2) is 8.36. The number of hydrogen-bond acceptors (Lipinski definition) is 3. The molecule has 1 spiro atoms. The van der Waals surface area contributed by atoms with Gasteiger partial charge in [-0.25, -0.2) is 0 Å². The third kappa shape index (κ3) is 3.91. The van der Waals surface area contributed by atoms with Crippen LogP contribution in [-0.4, -0.2) is 34.8 Å². The Bertz CT molecular complexity index is 875. The number of amides is 2. The quantitative estimate of drug-likeness (QED) is 0.845. The Balaban J connectivity index is 1.58. The fourth-order valence-electron chi connectivity index (χ4n) is 5.09. The second-order valence-electron chi connectivity index (χ2n) is 8.40. The van der Waals surface area contributed by atoms with Crippen molar-refractivity contribution in [2.24, 2.45) is 11.3 Å². The molecular weight excluding hydrogens is 362 g/mol. The number of pyridine rings is 1. The van der Waals surface area contributed by atoms with Gasteiger partial charge in [-0.3, -0.25) is 14.6 Å². The van der Waals surface area contributed by atoms with Crippen LogP contribution in [-0.2, 0) is 11.2 Å². The molecule has 0 radical (unpaired) electrons. The van der Waals surface area contributed by atoms with Crippen molar-refractivity contribution in [3.8, 4) is 0 Å². The van der Waals surface area contributed by atoms with Crippen molar-refractivity contribution < 1.29 is 9.59 Å². The minimum absolute atomic E-state index is 0.00149. The van der Waals surface area contributed by atoms with Crippen molar-refractivity contribution in [3.63, 3.8) is 0 Å². The molecule has 0 bridgehead atoms. The van der Waals surface area contributed by atoms with Gasteiger partial charge in [0.15, 0.2) is 0 Å². The van der Waals surface area contributed by atoms with Crippen molar-refractivity contribution >= 4 is 17.5 Å². The zero-order chi connectivity index (χ0) is 20.3. The van der Waals surface area contributed by atoms with E-state index in [4.69, 9.17) is 0 Å². The highest BCUT2D eigenvalue weighted by Crippen LogP contribution is 2.48. The van der Waals surface area contributed by atoms with Crippen LogP contribution in [0.4, 0.5) is 5.69 Å². The van der Waals surface area contributed by atoms with Crippen molar-refractivity contribution in [3.05, 3.63) is 59.9 Å². The lowest BCUT2D eigenvalue weighted by molar-refractivity contribution is -0.123. The van der Waals surface area contributed by atoms with Crippen LogP contribution < -0.4 is 5.32 Å². The monoisotopic (exact) mass is 391 g/mol. The van der Waals surface area contributed by atoms with Crippen LogP contribution in [0.1, 0.15) is 54.9 Å². The number of nitrogens with one attached hydrogen (secondary N) is 1. The first-order valence-corrected chi connectivity index (χ1v) is 10.7. The number of likely N-dealkylation sites (tertiary alicyclic amines) is 1. The highest BCUT2D eigenvalue weighted by molar-refractivity contribution is 5.97. The molecule has 4 rings (SSSR count). The fraction of sp³-hybridized carbons (Fsp3) is 0.458. The highest BCUT2D eigenvalue weighted by Gasteiger charge is 2.51. The molecule has 1 unspecified atom stereocenters. The first-order valence-electron chi connectivity index (χ1n) is 10.7. The predicted octanol–water partition coefficient (Wildman–Crippen LogP) is 4.31. The lowest BCUT2D eigenvalue weighted by Crippen LogP contribution is -2.39. The van der Waals surface area contributed by atoms with Crippen LogP contribution in [0.15, 0.2) is 48.8 Å². The van der Waals surface area contributed by atoms with Crippen LogP contribution in [0.3, 0.4) is 0 Å². The topological polar surface area (TPSA) is 62.3 Å². The molecule has 1 saturated carbocycles. The van der Waals surface area contributed by atoms with Gasteiger partial charge >= 0.3 is 0 Å². The number of rotatable bonds is 4. The molecule has 2 aliphatic rings. The summed E-state index contributed by atoms with van der Waals surface area (Å²) >= 11 is 0. The predicted molar refractivity (Wildman–Crippen MR) is 114 cm³/mol. The smallest absolute Gasteiger partial charge is 0.254 e. The molecule has 1 aliphatic heterocycles. The van der Waals surface area contributed by atoms with Crippen LogP contribution >= 0.6 is 0 Å². The normalized spacial score (nSPS) is 20.6. The van der Waals surface area contributed by atoms with E-state index in [1.165, 1.54) is 6.42 Å². The summed E-state index contributed by atoms with van der Waals surface area (Å²) in [6.45, 7) is 3.25. The van der Waals surface area contributed by atoms with Crippen LogP contribution in [0.5, 0.6) is 0 Å². The number of carbonyl (C=O) groups is 2. The Labute approximate surface area is 172 Å². The third-order valence-corrected chi connectivity index (χ3v) is 6.68. The van der Waals surface area contributed by atoms with E-state index in [2.05, 4.69) is 23.3 Å². The highest BCUT2D eigenvalue weighted by atomic mass is 16.2. The van der Waals surface area contributed by atoms with Gasteiger partial charge in [0, 0.05) is 42.1 Å². The van der Waals surface area contributed by atoms with E-state index < -0.39 is 0 Å². The Kier molecular flexibility index (Phi) is 5.65. The van der Waals surface area contributed by atoms with Crippen molar-refractivity contribution in [2.75, 3.05) is 18.4 Å². The molecule has 1 N–H and O–H groups in total. The summed E-state index contributed by atoms with van der Waals surface area (Å²) in [5.41, 5.74) is 2.57. The van der Waals surface area contributed by atoms with Gasteiger partial charge in [0.1, 0.15) is 0 Å². The van der Waals surface area contributed by atoms with Gasteiger partial charge in [-0.1, -0.05) is 44.4 Å². The first-order chi connectivity index (χ1) is 14.1. The Morgan fingerprint density at radius 1 is 1.10 bits per heavy atom. The molecular formula is C24H29N3O2. The minimum Gasteiger partial charge on any atom is -0.337 e. The number of nitrogens with zero attached hydrogens (tertiary/aromatic N) is 2. The molecule has 1 aromatic carbocycles. The average Bonchev–Trinajstić information content (AvgIpc) is 3.13. The molecule has 5 nitrogen and oxygen atoms in total. The third-order valence-electron chi connectivity index (χ3n) is 6.68. The molecule has 2 heterocycles. The summed E-state index contributed by atoms with van der Waals surface area (Å²) in [7, 11) is 0. The summed E-state index contributed by atoms with van der Waals surface area (Å²) in [5, 5.41) is 3.19. The van der Waals surface area contributed by atoms with Crippen LogP contribution in [0.25, 0.3) is 0 Å². The van der Waals surface area contributed by atoms with Crippen molar-refractivity contribution in [2.45, 2.75) is 45.4 Å². The number of carbonyl (C=O) groups excluding carboxylic acids is 2. The Hall–Kier alpha value is -2.69. The zero-order valence-electron chi connectivity index (χ0n) is 17.1. The fourth-order valence-corrected chi connectivity index (χ4v) is 5.09. The Morgan fingerprint density at radius 3 is 2.55 bits per heavy atom. The molecule has 1 aromatic heterocycles. The van der Waals surface area contributed by atoms with E-state index in [-0.39, 0.29) is 23.1 Å². The maximum atomic E-state index is 13.4. The van der Waals surface area contributed by atoms with E-state index in [1.807, 2.05) is 23.1 Å². The van der Waals surface area contributed by atoms with Crippen LogP contribution in [0.2, 0.25) is 0 Å². The van der Waals surface area contributed by atoms with Gasteiger partial charge < -0.3 is 10.2 Å². The van der Waals surface area contributed by atoms with Gasteiger partial charge in [0.25, 0.3) is 5.91 Å². The first kappa shape index (κ1) is 19.6. The molecule has 1 aliphatic carbocycles. The zero-order valence-corrected chi connectivity index (χ0v) is 17.1. The molecule has 1 saturated heterocycles. The molecule has 5 heteroatoms. The van der Waals surface area contributed by atoms with E-state index >= 15 is 0 Å². The summed E-state index contributed by atoms with van der Waals surface area (Å²) < 4.78 is 0. The molecule has 2 aromatic rings. The number of hydrogen-bond donors (Lipinski definition) is 1. The molecule has 29 heavy (non-hydrogen) atoms. The van der Waals surface area contributed by atoms with E-state index in [9.17, 15) is 9.59 Å². The van der Waals surface area contributed by atoms with Crippen molar-refractivity contribution in [1.29, 1.82) is 0 Å². The molecule has 2 amide bonds. The molecule has 2 fully saturated rings. The summed E-state index contributed by atoms with van der Waals surface area (Å²) in [4.78, 5) is 32.4. The number of aromatic nitrogens is 1. The largest absolute Gasteiger partial charge is 0.337 e. The average molecular weight is 392 g/mol. The number of anilines is 1. The summed E-state index contributed by atoms with van der Waals surface area (Å²) in [6, 6.07) is 11.5. The van der Waals surface area contributed by atoms with E-state index in [1.54, 1.807) is 24.5 Å². The molecule has 1 atom stereocenters. The Morgan fingerprint density at radius 2 is 1.83 bits per heavy atom. The maximum Gasteiger partial charge on any atom is 0.254 e. The SMILES string of the molecule is CCc1ccccc1NC(=O)C1CN(C(=O)c2ccncc2)CC12CCCCC2. The number of aryl methyl sites for hydroxylation is 1. The van der Waals surface area contributed by atoms with Gasteiger partial charge in [-0.15, -0.1) is 0 Å². The summed E-state index contributed by atoms with van der Waals surface area (Å²) in [6.07, 6.45) is 9.67. The van der Waals surface area contributed by atoms with Crippen molar-refractivity contribution in [1.82, 2.24) is 9.88 Å².